The van der Waals surface area contributed by atoms with Crippen molar-refractivity contribution in [1.29, 1.82) is 0 Å². The van der Waals surface area contributed by atoms with Gasteiger partial charge >= 0.3 is 0 Å². The van der Waals surface area contributed by atoms with Crippen molar-refractivity contribution in [3.63, 3.8) is 0 Å². The topological polar surface area (TPSA) is 20.2 Å². The molecule has 1 fully saturated rings. The molecule has 0 heterocycles. The lowest BCUT2D eigenvalue weighted by molar-refractivity contribution is 0.00253. The van der Waals surface area contributed by atoms with Crippen LogP contribution in [0.25, 0.3) is 0 Å². The lowest BCUT2D eigenvalue weighted by atomic mass is 9.95. The molecule has 0 spiro atoms. The minimum atomic E-state index is -2.52. The zero-order chi connectivity index (χ0) is 12.5. The molecule has 1 N–H and O–H groups in total. The van der Waals surface area contributed by atoms with Gasteiger partial charge in [0.1, 0.15) is 0 Å². The highest BCUT2D eigenvalue weighted by atomic mass is 127. The molecule has 0 radical (unpaired) electrons. The van der Waals surface area contributed by atoms with E-state index >= 15 is 0 Å². The fourth-order valence-electron chi connectivity index (χ4n) is 2.43. The number of halogens is 3. The zero-order valence-corrected chi connectivity index (χ0v) is 11.5. The Morgan fingerprint density at radius 1 is 1.41 bits per heavy atom. The summed E-state index contributed by atoms with van der Waals surface area (Å²) in [7, 11) is 0. The van der Waals surface area contributed by atoms with Crippen molar-refractivity contribution in [2.75, 3.05) is 0 Å². The van der Waals surface area contributed by atoms with E-state index in [2.05, 4.69) is 22.6 Å². The largest absolute Gasteiger partial charge is 0.388 e. The second kappa shape index (κ2) is 5.18. The van der Waals surface area contributed by atoms with Crippen LogP contribution in [0, 0.1) is 9.49 Å². The summed E-state index contributed by atoms with van der Waals surface area (Å²) in [5.41, 5.74) is 0.850. The Bertz CT molecular complexity index is 395. The standard InChI is InChI=1S/C13H15F2IO/c14-13(15)6-5-9(8-13)7-12(17)10-3-1-2-4-11(10)16/h1-4,9,12,17H,5-8H2. The van der Waals surface area contributed by atoms with Gasteiger partial charge in [-0.25, -0.2) is 8.78 Å². The van der Waals surface area contributed by atoms with Gasteiger partial charge in [0.05, 0.1) is 6.10 Å². The lowest BCUT2D eigenvalue weighted by Crippen LogP contribution is -2.11. The first-order valence-corrected chi connectivity index (χ1v) is 6.86. The highest BCUT2D eigenvalue weighted by Gasteiger charge is 2.39. The molecule has 0 aliphatic heterocycles. The molecule has 0 amide bonds. The van der Waals surface area contributed by atoms with Crippen LogP contribution in [0.2, 0.25) is 0 Å². The molecule has 4 heteroatoms. The summed E-state index contributed by atoms with van der Waals surface area (Å²) in [5, 5.41) is 10.1. The van der Waals surface area contributed by atoms with Crippen LogP contribution in [0.3, 0.4) is 0 Å². The first-order chi connectivity index (χ1) is 7.98. The molecular formula is C13H15F2IO. The second-order valence-corrected chi connectivity index (χ2v) is 5.90. The SMILES string of the molecule is OC(CC1CCC(F)(F)C1)c1ccccc1I. The molecule has 1 aliphatic rings. The minimum absolute atomic E-state index is 0.0315. The number of hydrogen-bond donors (Lipinski definition) is 1. The smallest absolute Gasteiger partial charge is 0.248 e. The third kappa shape index (κ3) is 3.37. The molecule has 2 unspecified atom stereocenters. The van der Waals surface area contributed by atoms with E-state index in [1.165, 1.54) is 0 Å². The van der Waals surface area contributed by atoms with Crippen molar-refractivity contribution in [3.05, 3.63) is 33.4 Å². The monoisotopic (exact) mass is 352 g/mol. The van der Waals surface area contributed by atoms with E-state index in [0.717, 1.165) is 9.13 Å². The number of aliphatic hydroxyl groups excluding tert-OH is 1. The first-order valence-electron chi connectivity index (χ1n) is 5.78. The van der Waals surface area contributed by atoms with E-state index in [4.69, 9.17) is 0 Å². The van der Waals surface area contributed by atoms with Crippen molar-refractivity contribution in [2.24, 2.45) is 5.92 Å². The average molecular weight is 352 g/mol. The van der Waals surface area contributed by atoms with Crippen LogP contribution >= 0.6 is 22.6 Å². The quantitative estimate of drug-likeness (QED) is 0.811. The van der Waals surface area contributed by atoms with Gasteiger partial charge in [-0.15, -0.1) is 0 Å². The molecule has 0 bridgehead atoms. The van der Waals surface area contributed by atoms with Crippen LogP contribution in [0.15, 0.2) is 24.3 Å². The number of benzene rings is 1. The second-order valence-electron chi connectivity index (χ2n) is 4.74. The Morgan fingerprint density at radius 3 is 2.71 bits per heavy atom. The molecule has 1 aliphatic carbocycles. The number of alkyl halides is 2. The van der Waals surface area contributed by atoms with Crippen LogP contribution in [0.5, 0.6) is 0 Å². The van der Waals surface area contributed by atoms with Gasteiger partial charge < -0.3 is 5.11 Å². The van der Waals surface area contributed by atoms with E-state index in [1.54, 1.807) is 0 Å². The molecule has 0 aromatic heterocycles. The van der Waals surface area contributed by atoms with Crippen LogP contribution in [-0.4, -0.2) is 11.0 Å². The molecule has 0 saturated heterocycles. The molecule has 94 valence electrons. The van der Waals surface area contributed by atoms with Gasteiger partial charge in [-0.3, -0.25) is 0 Å². The Morgan fingerprint density at radius 2 is 2.12 bits per heavy atom. The maximum Gasteiger partial charge on any atom is 0.248 e. The van der Waals surface area contributed by atoms with Gasteiger partial charge in [-0.2, -0.15) is 0 Å². The highest BCUT2D eigenvalue weighted by Crippen LogP contribution is 2.42. The predicted molar refractivity (Wildman–Crippen MR) is 71.0 cm³/mol. The maximum absolute atomic E-state index is 13.0. The summed E-state index contributed by atoms with van der Waals surface area (Å²) < 4.78 is 27.1. The van der Waals surface area contributed by atoms with E-state index in [9.17, 15) is 13.9 Å². The van der Waals surface area contributed by atoms with E-state index < -0.39 is 12.0 Å². The highest BCUT2D eigenvalue weighted by molar-refractivity contribution is 14.1. The number of aliphatic hydroxyl groups is 1. The summed E-state index contributed by atoms with van der Waals surface area (Å²) in [6.07, 6.45) is 0.231. The third-order valence-corrected chi connectivity index (χ3v) is 4.31. The predicted octanol–water partition coefficient (Wildman–Crippen LogP) is 4.15. The van der Waals surface area contributed by atoms with E-state index in [-0.39, 0.29) is 18.8 Å². The van der Waals surface area contributed by atoms with Crippen LogP contribution < -0.4 is 0 Å². The van der Waals surface area contributed by atoms with Crippen LogP contribution in [-0.2, 0) is 0 Å². The molecule has 2 atom stereocenters. The van der Waals surface area contributed by atoms with Gasteiger partial charge in [0, 0.05) is 16.4 Å². The molecule has 1 nitrogen and oxygen atoms in total. The molecule has 1 aromatic rings. The van der Waals surface area contributed by atoms with Crippen molar-refractivity contribution in [1.82, 2.24) is 0 Å². The summed E-state index contributed by atoms with van der Waals surface area (Å²) >= 11 is 2.16. The Labute approximate surface area is 113 Å². The maximum atomic E-state index is 13.0. The van der Waals surface area contributed by atoms with Crippen molar-refractivity contribution in [3.8, 4) is 0 Å². The van der Waals surface area contributed by atoms with Crippen LogP contribution in [0.1, 0.15) is 37.4 Å². The van der Waals surface area contributed by atoms with Crippen molar-refractivity contribution >= 4 is 22.6 Å². The van der Waals surface area contributed by atoms with Crippen molar-refractivity contribution in [2.45, 2.75) is 37.7 Å². The number of rotatable bonds is 3. The van der Waals surface area contributed by atoms with E-state index in [1.807, 2.05) is 24.3 Å². The van der Waals surface area contributed by atoms with Gasteiger partial charge in [0.2, 0.25) is 5.92 Å². The normalized spacial score (nSPS) is 24.8. The molecule has 2 rings (SSSR count). The third-order valence-electron chi connectivity index (χ3n) is 3.33. The van der Waals surface area contributed by atoms with Crippen molar-refractivity contribution < 1.29 is 13.9 Å². The van der Waals surface area contributed by atoms with Gasteiger partial charge in [-0.05, 0) is 53.0 Å². The zero-order valence-electron chi connectivity index (χ0n) is 9.37. The lowest BCUT2D eigenvalue weighted by Gasteiger charge is -2.17. The fraction of sp³-hybridized carbons (Fsp3) is 0.538. The van der Waals surface area contributed by atoms with Gasteiger partial charge in [-0.1, -0.05) is 18.2 Å². The summed E-state index contributed by atoms with van der Waals surface area (Å²) in [6, 6.07) is 7.55. The van der Waals surface area contributed by atoms with Gasteiger partial charge in [0.25, 0.3) is 0 Å². The fourth-order valence-corrected chi connectivity index (χ4v) is 3.18. The molecule has 1 aromatic carbocycles. The Balaban J connectivity index is 1.99. The molecule has 1 saturated carbocycles. The van der Waals surface area contributed by atoms with Gasteiger partial charge in [0.15, 0.2) is 0 Å². The molecular weight excluding hydrogens is 337 g/mol. The van der Waals surface area contributed by atoms with Crippen LogP contribution in [0.4, 0.5) is 8.78 Å². The molecule has 17 heavy (non-hydrogen) atoms. The summed E-state index contributed by atoms with van der Waals surface area (Å²) in [5.74, 6) is -2.58. The Hall–Kier alpha value is -0.230. The Kier molecular flexibility index (Phi) is 4.02. The first kappa shape index (κ1) is 13.2. The minimum Gasteiger partial charge on any atom is -0.388 e. The average Bonchev–Trinajstić information content (AvgIpc) is 2.58. The summed E-state index contributed by atoms with van der Waals surface area (Å²) in [4.78, 5) is 0. The summed E-state index contributed by atoms with van der Waals surface area (Å²) in [6.45, 7) is 0. The number of hydrogen-bond acceptors (Lipinski definition) is 1. The van der Waals surface area contributed by atoms with E-state index in [0.29, 0.717) is 12.8 Å².